The Kier molecular flexibility index (Phi) is 2.75. The molecule has 96 valence electrons. The molecule has 0 fully saturated rings. The Labute approximate surface area is 107 Å². The van der Waals surface area contributed by atoms with Crippen molar-refractivity contribution in [1.29, 1.82) is 0 Å². The minimum atomic E-state index is -0.121. The van der Waals surface area contributed by atoms with Gasteiger partial charge in [-0.3, -0.25) is 9.47 Å². The summed E-state index contributed by atoms with van der Waals surface area (Å²) in [4.78, 5) is 13.7. The van der Waals surface area contributed by atoms with Gasteiger partial charge in [0.05, 0.1) is 12.6 Å². The molecule has 0 saturated heterocycles. The van der Waals surface area contributed by atoms with Crippen LogP contribution in [0.15, 0.2) is 4.79 Å². The Morgan fingerprint density at radius 3 is 2.94 bits per heavy atom. The van der Waals surface area contributed by atoms with Gasteiger partial charge in [-0.1, -0.05) is 0 Å². The molecule has 1 N–H and O–H groups in total. The van der Waals surface area contributed by atoms with Gasteiger partial charge in [-0.05, 0) is 13.8 Å². The molecule has 1 unspecified atom stereocenters. The summed E-state index contributed by atoms with van der Waals surface area (Å²) >= 11 is 1.62. The summed E-state index contributed by atoms with van der Waals surface area (Å²) in [5, 5.41) is 16.7. The highest BCUT2D eigenvalue weighted by Crippen LogP contribution is 2.25. The van der Waals surface area contributed by atoms with Gasteiger partial charge in [0, 0.05) is 13.1 Å². The summed E-state index contributed by atoms with van der Waals surface area (Å²) in [5.41, 5.74) is -0.121. The van der Waals surface area contributed by atoms with Gasteiger partial charge in [0.15, 0.2) is 0 Å². The molecule has 3 rings (SSSR count). The number of fused-ring (bicyclic) bond motifs is 1. The normalized spacial score (nSPS) is 17.7. The number of aryl methyl sites for hydroxylation is 1. The van der Waals surface area contributed by atoms with E-state index in [1.807, 2.05) is 6.92 Å². The molecule has 2 aromatic heterocycles. The van der Waals surface area contributed by atoms with Crippen LogP contribution < -0.4 is 5.69 Å². The summed E-state index contributed by atoms with van der Waals surface area (Å²) in [5.74, 6) is 0.791. The Morgan fingerprint density at radius 2 is 2.22 bits per heavy atom. The third kappa shape index (κ3) is 1.87. The molecule has 0 aliphatic carbocycles. The molecule has 1 aliphatic heterocycles. The number of aromatic amines is 1. The molecule has 0 bridgehead atoms. The van der Waals surface area contributed by atoms with E-state index >= 15 is 0 Å². The summed E-state index contributed by atoms with van der Waals surface area (Å²) in [6.45, 7) is 6.23. The lowest BCUT2D eigenvalue weighted by molar-refractivity contribution is 0.161. The fraction of sp³-hybridized carbons (Fsp3) is 0.600. The van der Waals surface area contributed by atoms with Gasteiger partial charge >= 0.3 is 5.69 Å². The van der Waals surface area contributed by atoms with Crippen molar-refractivity contribution in [3.63, 3.8) is 0 Å². The van der Waals surface area contributed by atoms with E-state index in [1.165, 1.54) is 0 Å². The van der Waals surface area contributed by atoms with Crippen molar-refractivity contribution in [3.05, 3.63) is 26.3 Å². The monoisotopic (exact) mass is 266 g/mol. The SMILES string of the molecule is Cc1nnc(C(C)N2CCn3c(n[nH]c3=O)C2)s1. The van der Waals surface area contributed by atoms with Gasteiger partial charge < -0.3 is 0 Å². The zero-order valence-corrected chi connectivity index (χ0v) is 11.1. The van der Waals surface area contributed by atoms with Crippen LogP contribution in [0.5, 0.6) is 0 Å². The zero-order chi connectivity index (χ0) is 12.7. The quantitative estimate of drug-likeness (QED) is 0.846. The molecule has 0 saturated carbocycles. The smallest absolute Gasteiger partial charge is 0.285 e. The van der Waals surface area contributed by atoms with Gasteiger partial charge in [0.2, 0.25) is 0 Å². The van der Waals surface area contributed by atoms with E-state index in [4.69, 9.17) is 0 Å². The molecule has 2 aromatic rings. The second-order valence-corrected chi connectivity index (χ2v) is 5.62. The number of nitrogens with zero attached hydrogens (tertiary/aromatic N) is 5. The number of hydrogen-bond acceptors (Lipinski definition) is 6. The Balaban J connectivity index is 1.81. The zero-order valence-electron chi connectivity index (χ0n) is 10.3. The van der Waals surface area contributed by atoms with Gasteiger partial charge in [0.1, 0.15) is 15.8 Å². The standard InChI is InChI=1S/C10H14N6OS/c1-6(9-13-11-7(2)18-9)15-3-4-16-8(5-15)12-14-10(16)17/h6H,3-5H2,1-2H3,(H,14,17). The first kappa shape index (κ1) is 11.5. The van der Waals surface area contributed by atoms with E-state index in [9.17, 15) is 4.79 Å². The van der Waals surface area contributed by atoms with Crippen LogP contribution in [0.3, 0.4) is 0 Å². The predicted octanol–water partition coefficient (Wildman–Crippen LogP) is 0.308. The van der Waals surface area contributed by atoms with Gasteiger partial charge in [-0.15, -0.1) is 21.5 Å². The molecule has 0 spiro atoms. The molecule has 1 aliphatic rings. The first-order valence-corrected chi connectivity index (χ1v) is 6.65. The van der Waals surface area contributed by atoms with Crippen LogP contribution in [0.2, 0.25) is 0 Å². The van der Waals surface area contributed by atoms with Crippen molar-refractivity contribution < 1.29 is 0 Å². The second-order valence-electron chi connectivity index (χ2n) is 4.40. The lowest BCUT2D eigenvalue weighted by Gasteiger charge is -2.30. The largest absolute Gasteiger partial charge is 0.343 e. The molecule has 8 heteroatoms. The van der Waals surface area contributed by atoms with Gasteiger partial charge in [-0.2, -0.15) is 5.10 Å². The van der Waals surface area contributed by atoms with Crippen LogP contribution >= 0.6 is 11.3 Å². The molecule has 1 atom stereocenters. The summed E-state index contributed by atoms with van der Waals surface area (Å²) in [6.07, 6.45) is 0. The summed E-state index contributed by atoms with van der Waals surface area (Å²) < 4.78 is 1.69. The van der Waals surface area contributed by atoms with Crippen LogP contribution in [0.4, 0.5) is 0 Å². The molecule has 3 heterocycles. The Hall–Kier alpha value is -1.54. The average molecular weight is 266 g/mol. The van der Waals surface area contributed by atoms with Crippen LogP contribution in [-0.4, -0.2) is 36.4 Å². The van der Waals surface area contributed by atoms with Crippen molar-refractivity contribution in [2.75, 3.05) is 6.54 Å². The first-order valence-electron chi connectivity index (χ1n) is 5.83. The van der Waals surface area contributed by atoms with Gasteiger partial charge in [0.25, 0.3) is 0 Å². The van der Waals surface area contributed by atoms with Gasteiger partial charge in [-0.25, -0.2) is 9.89 Å². The minimum Gasteiger partial charge on any atom is -0.285 e. The maximum absolute atomic E-state index is 11.4. The molecular formula is C10H14N6OS. The highest BCUT2D eigenvalue weighted by molar-refractivity contribution is 7.11. The van der Waals surface area contributed by atoms with Crippen molar-refractivity contribution in [1.82, 2.24) is 29.9 Å². The number of hydrogen-bond donors (Lipinski definition) is 1. The Bertz CT molecular complexity index is 614. The highest BCUT2D eigenvalue weighted by atomic mass is 32.1. The van der Waals surface area contributed by atoms with Crippen molar-refractivity contribution in [2.24, 2.45) is 0 Å². The van der Waals surface area contributed by atoms with E-state index in [2.05, 4.69) is 32.2 Å². The van der Waals surface area contributed by atoms with E-state index in [0.29, 0.717) is 13.1 Å². The maximum atomic E-state index is 11.4. The number of rotatable bonds is 2. The second kappa shape index (κ2) is 4.29. The fourth-order valence-corrected chi connectivity index (χ4v) is 2.94. The van der Waals surface area contributed by atoms with Crippen molar-refractivity contribution in [2.45, 2.75) is 33.0 Å². The third-order valence-corrected chi connectivity index (χ3v) is 4.25. The van der Waals surface area contributed by atoms with Crippen LogP contribution in [0.25, 0.3) is 0 Å². The van der Waals surface area contributed by atoms with E-state index in [1.54, 1.807) is 15.9 Å². The predicted molar refractivity (Wildman–Crippen MR) is 66.3 cm³/mol. The minimum absolute atomic E-state index is 0.121. The summed E-state index contributed by atoms with van der Waals surface area (Å²) in [7, 11) is 0. The van der Waals surface area contributed by atoms with Crippen molar-refractivity contribution in [3.8, 4) is 0 Å². The lowest BCUT2D eigenvalue weighted by Crippen LogP contribution is -2.38. The molecule has 18 heavy (non-hydrogen) atoms. The van der Waals surface area contributed by atoms with E-state index < -0.39 is 0 Å². The van der Waals surface area contributed by atoms with E-state index in [-0.39, 0.29) is 11.7 Å². The number of nitrogens with one attached hydrogen (secondary N) is 1. The lowest BCUT2D eigenvalue weighted by atomic mass is 10.2. The summed E-state index contributed by atoms with van der Waals surface area (Å²) in [6, 6.07) is 0.205. The Morgan fingerprint density at radius 1 is 1.39 bits per heavy atom. The van der Waals surface area contributed by atoms with Crippen LogP contribution in [-0.2, 0) is 13.1 Å². The maximum Gasteiger partial charge on any atom is 0.343 e. The molecule has 0 radical (unpaired) electrons. The molecule has 7 nitrogen and oxygen atoms in total. The van der Waals surface area contributed by atoms with Crippen LogP contribution in [0, 0.1) is 6.92 Å². The third-order valence-electron chi connectivity index (χ3n) is 3.24. The topological polar surface area (TPSA) is 79.7 Å². The van der Waals surface area contributed by atoms with Crippen LogP contribution in [0.1, 0.15) is 28.8 Å². The number of aromatic nitrogens is 5. The van der Waals surface area contributed by atoms with E-state index in [0.717, 1.165) is 22.4 Å². The number of H-pyrrole nitrogens is 1. The highest BCUT2D eigenvalue weighted by Gasteiger charge is 2.25. The molecular weight excluding hydrogens is 252 g/mol. The van der Waals surface area contributed by atoms with Crippen molar-refractivity contribution >= 4 is 11.3 Å². The molecule has 0 amide bonds. The average Bonchev–Trinajstić information content (AvgIpc) is 2.95. The first-order chi connectivity index (χ1) is 8.65. The fourth-order valence-electron chi connectivity index (χ4n) is 2.16. The molecule has 0 aromatic carbocycles.